The molecule has 0 saturated heterocycles. The van der Waals surface area contributed by atoms with Crippen LogP contribution in [0.1, 0.15) is 48.6 Å². The van der Waals surface area contributed by atoms with E-state index in [1.54, 1.807) is 0 Å². The van der Waals surface area contributed by atoms with Crippen molar-refractivity contribution in [2.75, 3.05) is 6.54 Å². The van der Waals surface area contributed by atoms with Crippen molar-refractivity contribution in [1.29, 1.82) is 0 Å². The van der Waals surface area contributed by atoms with Gasteiger partial charge in [0.1, 0.15) is 0 Å². The molecule has 4 heteroatoms. The number of benzene rings is 1. The molecule has 3 rings (SSSR count). The zero-order chi connectivity index (χ0) is 13.8. The van der Waals surface area contributed by atoms with E-state index in [0.717, 1.165) is 38.1 Å². The number of hydrogen-bond acceptors (Lipinski definition) is 4. The van der Waals surface area contributed by atoms with Crippen LogP contribution >= 0.6 is 0 Å². The van der Waals surface area contributed by atoms with E-state index in [2.05, 4.69) is 46.7 Å². The van der Waals surface area contributed by atoms with Gasteiger partial charge in [-0.15, -0.1) is 10.2 Å². The fourth-order valence-corrected chi connectivity index (χ4v) is 2.78. The lowest BCUT2D eigenvalue weighted by molar-refractivity contribution is 0.386. The molecule has 1 N–H and O–H groups in total. The Morgan fingerprint density at radius 1 is 1.25 bits per heavy atom. The summed E-state index contributed by atoms with van der Waals surface area (Å²) < 4.78 is 5.80. The summed E-state index contributed by atoms with van der Waals surface area (Å²) in [4.78, 5) is 0. The zero-order valence-electron chi connectivity index (χ0n) is 11.9. The molecule has 1 aromatic heterocycles. The number of aryl methyl sites for hydroxylation is 1. The Labute approximate surface area is 119 Å². The minimum atomic E-state index is 0.373. The second-order valence-electron chi connectivity index (χ2n) is 5.42. The van der Waals surface area contributed by atoms with Crippen molar-refractivity contribution in [2.24, 2.45) is 0 Å². The maximum atomic E-state index is 5.80. The van der Waals surface area contributed by atoms with Crippen LogP contribution in [0, 0.1) is 0 Å². The SMILES string of the molecule is CCCNCc1nnc(C2CCc3ccccc3C2)o1. The summed E-state index contributed by atoms with van der Waals surface area (Å²) in [6.45, 7) is 3.80. The molecule has 0 fully saturated rings. The summed E-state index contributed by atoms with van der Waals surface area (Å²) in [6.07, 6.45) is 4.33. The van der Waals surface area contributed by atoms with E-state index in [4.69, 9.17) is 4.42 Å². The predicted molar refractivity (Wildman–Crippen MR) is 77.5 cm³/mol. The molecule has 0 bridgehead atoms. The summed E-state index contributed by atoms with van der Waals surface area (Å²) in [7, 11) is 0. The Hall–Kier alpha value is -1.68. The van der Waals surface area contributed by atoms with Crippen LogP contribution < -0.4 is 5.32 Å². The first kappa shape index (κ1) is 13.3. The molecule has 0 spiro atoms. The monoisotopic (exact) mass is 271 g/mol. The fourth-order valence-electron chi connectivity index (χ4n) is 2.78. The molecule has 1 aromatic carbocycles. The largest absolute Gasteiger partial charge is 0.424 e. The molecule has 1 aliphatic carbocycles. The molecule has 0 aliphatic heterocycles. The molecule has 0 radical (unpaired) electrons. The minimum Gasteiger partial charge on any atom is -0.424 e. The molecular formula is C16H21N3O. The van der Waals surface area contributed by atoms with Crippen molar-refractivity contribution in [3.8, 4) is 0 Å². The van der Waals surface area contributed by atoms with Gasteiger partial charge < -0.3 is 9.73 Å². The molecule has 1 atom stereocenters. The van der Waals surface area contributed by atoms with Gasteiger partial charge >= 0.3 is 0 Å². The lowest BCUT2D eigenvalue weighted by atomic mass is 9.84. The normalized spacial score (nSPS) is 17.9. The van der Waals surface area contributed by atoms with Crippen LogP contribution in [0.25, 0.3) is 0 Å². The Kier molecular flexibility index (Phi) is 4.11. The molecule has 2 aromatic rings. The summed E-state index contributed by atoms with van der Waals surface area (Å²) in [5, 5.41) is 11.7. The lowest BCUT2D eigenvalue weighted by Gasteiger charge is -2.21. The Morgan fingerprint density at radius 3 is 2.95 bits per heavy atom. The van der Waals surface area contributed by atoms with Gasteiger partial charge in [-0.25, -0.2) is 0 Å². The molecule has 0 saturated carbocycles. The zero-order valence-corrected chi connectivity index (χ0v) is 11.9. The molecule has 1 unspecified atom stereocenters. The molecule has 20 heavy (non-hydrogen) atoms. The highest BCUT2D eigenvalue weighted by molar-refractivity contribution is 5.31. The first-order valence-electron chi connectivity index (χ1n) is 7.46. The number of nitrogens with one attached hydrogen (secondary N) is 1. The number of rotatable bonds is 5. The van der Waals surface area contributed by atoms with Crippen LogP contribution in [0.15, 0.2) is 28.7 Å². The predicted octanol–water partition coefficient (Wildman–Crippen LogP) is 2.84. The van der Waals surface area contributed by atoms with Gasteiger partial charge in [0, 0.05) is 5.92 Å². The molecule has 1 heterocycles. The first-order valence-corrected chi connectivity index (χ1v) is 7.46. The minimum absolute atomic E-state index is 0.373. The summed E-state index contributed by atoms with van der Waals surface area (Å²) >= 11 is 0. The van der Waals surface area contributed by atoms with Gasteiger partial charge in [0.05, 0.1) is 6.54 Å². The summed E-state index contributed by atoms with van der Waals surface area (Å²) in [5.41, 5.74) is 2.89. The maximum Gasteiger partial charge on any atom is 0.230 e. The first-order chi connectivity index (χ1) is 9.86. The second-order valence-corrected chi connectivity index (χ2v) is 5.42. The number of fused-ring (bicyclic) bond motifs is 1. The van der Waals surface area contributed by atoms with Crippen molar-refractivity contribution in [3.63, 3.8) is 0 Å². The van der Waals surface area contributed by atoms with E-state index in [-0.39, 0.29) is 0 Å². The van der Waals surface area contributed by atoms with Gasteiger partial charge in [0.25, 0.3) is 0 Å². The van der Waals surface area contributed by atoms with E-state index in [0.29, 0.717) is 18.4 Å². The van der Waals surface area contributed by atoms with Crippen molar-refractivity contribution in [3.05, 3.63) is 47.2 Å². The highest BCUT2D eigenvalue weighted by atomic mass is 16.4. The van der Waals surface area contributed by atoms with Gasteiger partial charge in [-0.3, -0.25) is 0 Å². The van der Waals surface area contributed by atoms with Crippen LogP contribution in [0.2, 0.25) is 0 Å². The van der Waals surface area contributed by atoms with Crippen molar-refractivity contribution < 1.29 is 4.42 Å². The lowest BCUT2D eigenvalue weighted by Crippen LogP contribution is -2.14. The standard InChI is InChI=1S/C16H21N3O/c1-2-9-17-11-15-18-19-16(20-15)14-8-7-12-5-3-4-6-13(12)10-14/h3-6,14,17H,2,7-11H2,1H3. The highest BCUT2D eigenvalue weighted by Crippen LogP contribution is 2.31. The Balaban J connectivity index is 1.66. The summed E-state index contributed by atoms with van der Waals surface area (Å²) in [6, 6.07) is 8.65. The molecule has 1 aliphatic rings. The number of nitrogens with zero attached hydrogens (tertiary/aromatic N) is 2. The van der Waals surface area contributed by atoms with Crippen LogP contribution in [-0.4, -0.2) is 16.7 Å². The van der Waals surface area contributed by atoms with Crippen LogP contribution in [0.3, 0.4) is 0 Å². The van der Waals surface area contributed by atoms with Gasteiger partial charge in [0.2, 0.25) is 11.8 Å². The third kappa shape index (κ3) is 2.90. The van der Waals surface area contributed by atoms with Crippen LogP contribution in [0.5, 0.6) is 0 Å². The molecule has 106 valence electrons. The van der Waals surface area contributed by atoms with Crippen LogP contribution in [0.4, 0.5) is 0 Å². The number of hydrogen-bond donors (Lipinski definition) is 1. The van der Waals surface area contributed by atoms with Crippen LogP contribution in [-0.2, 0) is 19.4 Å². The second kappa shape index (κ2) is 6.18. The van der Waals surface area contributed by atoms with Crippen molar-refractivity contribution >= 4 is 0 Å². The molecular weight excluding hydrogens is 250 g/mol. The van der Waals surface area contributed by atoms with E-state index in [1.165, 1.54) is 11.1 Å². The quantitative estimate of drug-likeness (QED) is 0.850. The van der Waals surface area contributed by atoms with Crippen molar-refractivity contribution in [2.45, 2.75) is 45.1 Å². The average molecular weight is 271 g/mol. The molecule has 0 amide bonds. The van der Waals surface area contributed by atoms with E-state index in [1.807, 2.05) is 0 Å². The van der Waals surface area contributed by atoms with E-state index < -0.39 is 0 Å². The average Bonchev–Trinajstić information content (AvgIpc) is 2.96. The van der Waals surface area contributed by atoms with Gasteiger partial charge in [-0.1, -0.05) is 31.2 Å². The van der Waals surface area contributed by atoms with Gasteiger partial charge in [0.15, 0.2) is 0 Å². The van der Waals surface area contributed by atoms with Crippen molar-refractivity contribution in [1.82, 2.24) is 15.5 Å². The Morgan fingerprint density at radius 2 is 2.10 bits per heavy atom. The Bertz CT molecular complexity index is 564. The summed E-state index contributed by atoms with van der Waals surface area (Å²) in [5.74, 6) is 1.87. The highest BCUT2D eigenvalue weighted by Gasteiger charge is 2.24. The molecule has 4 nitrogen and oxygen atoms in total. The van der Waals surface area contributed by atoms with E-state index in [9.17, 15) is 0 Å². The third-order valence-electron chi connectivity index (χ3n) is 3.88. The third-order valence-corrected chi connectivity index (χ3v) is 3.88. The van der Waals surface area contributed by atoms with Gasteiger partial charge in [-0.2, -0.15) is 0 Å². The van der Waals surface area contributed by atoms with Gasteiger partial charge in [-0.05, 0) is 43.4 Å². The topological polar surface area (TPSA) is 51.0 Å². The van der Waals surface area contributed by atoms with E-state index >= 15 is 0 Å². The smallest absolute Gasteiger partial charge is 0.230 e. The fraction of sp³-hybridized carbons (Fsp3) is 0.500. The number of aromatic nitrogens is 2. The maximum absolute atomic E-state index is 5.80.